The molecule has 242 valence electrons. The molecule has 0 saturated heterocycles. The molecule has 4 heterocycles. The quantitative estimate of drug-likeness (QED) is 0.187. The van der Waals surface area contributed by atoms with E-state index in [0.29, 0.717) is 5.82 Å². The van der Waals surface area contributed by atoms with Crippen molar-refractivity contribution in [3.63, 3.8) is 0 Å². The van der Waals surface area contributed by atoms with Gasteiger partial charge in [0.1, 0.15) is 22.3 Å². The van der Waals surface area contributed by atoms with E-state index in [2.05, 4.69) is 103 Å². The highest BCUT2D eigenvalue weighted by Crippen LogP contribution is 2.41. The van der Waals surface area contributed by atoms with E-state index in [1.807, 2.05) is 60.7 Å². The second-order valence-corrected chi connectivity index (χ2v) is 13.2. The van der Waals surface area contributed by atoms with Gasteiger partial charge in [-0.2, -0.15) is 0 Å². The van der Waals surface area contributed by atoms with E-state index in [1.165, 1.54) is 5.39 Å². The largest absolute Gasteiger partial charge is 0.455 e. The Balaban J connectivity index is 1.10. The van der Waals surface area contributed by atoms with Crippen LogP contribution in [0.5, 0.6) is 0 Å². The first-order valence-electron chi connectivity index (χ1n) is 17.3. The second-order valence-electron chi connectivity index (χ2n) is 13.2. The zero-order valence-electron chi connectivity index (χ0n) is 27.7. The average molecular weight is 666 g/mol. The number of hydrogen-bond donors (Lipinski definition) is 0. The Bertz CT molecular complexity index is 3190. The number of pyridine rings is 1. The first-order chi connectivity index (χ1) is 25.7. The van der Waals surface area contributed by atoms with Gasteiger partial charge in [0, 0.05) is 38.2 Å². The molecular weight excluding hydrogens is 639 g/mol. The lowest BCUT2D eigenvalue weighted by molar-refractivity contribution is 0.669. The van der Waals surface area contributed by atoms with Crippen LogP contribution in [0.4, 0.5) is 0 Å². The van der Waals surface area contributed by atoms with Gasteiger partial charge in [-0.15, -0.1) is 0 Å². The summed E-state index contributed by atoms with van der Waals surface area (Å²) in [6, 6.07) is 56.1. The Morgan fingerprint density at radius 1 is 0.385 bits per heavy atom. The number of hydrogen-bond acceptors (Lipinski definition) is 5. The van der Waals surface area contributed by atoms with Crippen molar-refractivity contribution in [1.29, 1.82) is 0 Å². The van der Waals surface area contributed by atoms with Crippen LogP contribution in [0.3, 0.4) is 0 Å². The minimum Gasteiger partial charge on any atom is -0.455 e. The van der Waals surface area contributed by atoms with Crippen molar-refractivity contribution in [2.24, 2.45) is 0 Å². The lowest BCUT2D eigenvalue weighted by Gasteiger charge is -2.11. The summed E-state index contributed by atoms with van der Waals surface area (Å²) >= 11 is 0. The molecule has 11 aromatic rings. The van der Waals surface area contributed by atoms with E-state index in [0.717, 1.165) is 99.5 Å². The standard InChI is InChI=1S/C47H27N3O2/c1-2-11-31-26-32(25-20-28(31)10-1)40-27-39(49-47(50-40)37-16-9-15-34-33-12-4-7-18-41(33)51-45(34)37)29-21-23-30(24-22-29)44-43-36-14-5-8-19-42(36)52-46(43)35-13-3-6-17-38(35)48-44/h1-27H. The zero-order valence-corrected chi connectivity index (χ0v) is 27.7. The lowest BCUT2D eigenvalue weighted by Crippen LogP contribution is -1.96. The molecular formula is C47H27N3O2. The maximum Gasteiger partial charge on any atom is 0.164 e. The maximum absolute atomic E-state index is 6.45. The van der Waals surface area contributed by atoms with Gasteiger partial charge in [0.2, 0.25) is 0 Å². The van der Waals surface area contributed by atoms with Gasteiger partial charge in [-0.3, -0.25) is 0 Å². The van der Waals surface area contributed by atoms with Crippen molar-refractivity contribution < 1.29 is 8.83 Å². The number of rotatable bonds is 4. The van der Waals surface area contributed by atoms with Crippen LogP contribution >= 0.6 is 0 Å². The third kappa shape index (κ3) is 4.46. The normalized spacial score (nSPS) is 11.8. The molecule has 0 radical (unpaired) electrons. The molecule has 5 nitrogen and oxygen atoms in total. The lowest BCUT2D eigenvalue weighted by atomic mass is 9.99. The molecule has 7 aromatic carbocycles. The van der Waals surface area contributed by atoms with Crippen LogP contribution < -0.4 is 0 Å². The van der Waals surface area contributed by atoms with Gasteiger partial charge in [0.15, 0.2) is 5.82 Å². The molecule has 0 aliphatic rings. The summed E-state index contributed by atoms with van der Waals surface area (Å²) < 4.78 is 12.9. The van der Waals surface area contributed by atoms with Crippen molar-refractivity contribution >= 4 is 65.6 Å². The van der Waals surface area contributed by atoms with Crippen LogP contribution in [-0.4, -0.2) is 15.0 Å². The van der Waals surface area contributed by atoms with Crippen LogP contribution in [0.1, 0.15) is 0 Å². The summed E-state index contributed by atoms with van der Waals surface area (Å²) in [5, 5.41) is 7.53. The fraction of sp³-hybridized carbons (Fsp3) is 0. The van der Waals surface area contributed by atoms with E-state index >= 15 is 0 Å². The summed E-state index contributed by atoms with van der Waals surface area (Å²) in [5.74, 6) is 0.608. The van der Waals surface area contributed by atoms with Gasteiger partial charge >= 0.3 is 0 Å². The topological polar surface area (TPSA) is 65.0 Å². The van der Waals surface area contributed by atoms with E-state index in [1.54, 1.807) is 0 Å². The highest BCUT2D eigenvalue weighted by atomic mass is 16.3. The minimum absolute atomic E-state index is 0.608. The third-order valence-electron chi connectivity index (χ3n) is 10.1. The number of benzene rings is 7. The highest BCUT2D eigenvalue weighted by molar-refractivity contribution is 6.19. The predicted molar refractivity (Wildman–Crippen MR) is 211 cm³/mol. The van der Waals surface area contributed by atoms with Crippen LogP contribution in [-0.2, 0) is 0 Å². The van der Waals surface area contributed by atoms with Gasteiger partial charge in [-0.1, -0.05) is 121 Å². The molecule has 0 aliphatic carbocycles. The van der Waals surface area contributed by atoms with E-state index in [4.69, 9.17) is 23.8 Å². The SMILES string of the molecule is c1ccc2cc(-c3cc(-c4ccc(-c5nc6ccccc6c6oc7ccccc7c56)cc4)nc(-c4cccc5c4oc4ccccc45)n3)ccc2c1. The highest BCUT2D eigenvalue weighted by Gasteiger charge is 2.19. The van der Waals surface area contributed by atoms with Crippen molar-refractivity contribution in [2.45, 2.75) is 0 Å². The van der Waals surface area contributed by atoms with E-state index in [-0.39, 0.29) is 0 Å². The Hall–Kier alpha value is -7.11. The zero-order chi connectivity index (χ0) is 34.2. The number of fused-ring (bicyclic) bond motifs is 9. The Morgan fingerprint density at radius 2 is 1.00 bits per heavy atom. The number of aromatic nitrogens is 3. The Morgan fingerprint density at radius 3 is 1.85 bits per heavy atom. The Kier molecular flexibility index (Phi) is 6.18. The van der Waals surface area contributed by atoms with Crippen molar-refractivity contribution in [1.82, 2.24) is 15.0 Å². The predicted octanol–water partition coefficient (Wildman–Crippen LogP) is 12.6. The summed E-state index contributed by atoms with van der Waals surface area (Å²) in [5.41, 5.74) is 10.6. The first-order valence-corrected chi connectivity index (χ1v) is 17.3. The van der Waals surface area contributed by atoms with Gasteiger partial charge in [-0.25, -0.2) is 15.0 Å². The fourth-order valence-electron chi connectivity index (χ4n) is 7.55. The van der Waals surface area contributed by atoms with Crippen LogP contribution in [0.2, 0.25) is 0 Å². The molecule has 4 aromatic heterocycles. The van der Waals surface area contributed by atoms with Crippen LogP contribution in [0, 0.1) is 0 Å². The van der Waals surface area contributed by atoms with Gasteiger partial charge in [-0.05, 0) is 53.2 Å². The summed E-state index contributed by atoms with van der Waals surface area (Å²) in [4.78, 5) is 15.6. The van der Waals surface area contributed by atoms with Crippen LogP contribution in [0.15, 0.2) is 173 Å². The van der Waals surface area contributed by atoms with E-state index in [9.17, 15) is 0 Å². The molecule has 0 bridgehead atoms. The number of furan rings is 2. The fourth-order valence-corrected chi connectivity index (χ4v) is 7.55. The monoisotopic (exact) mass is 665 g/mol. The molecule has 0 saturated carbocycles. The average Bonchev–Trinajstić information content (AvgIpc) is 3.80. The smallest absolute Gasteiger partial charge is 0.164 e. The third-order valence-corrected chi connectivity index (χ3v) is 10.1. The number of nitrogens with zero attached hydrogens (tertiary/aromatic N) is 3. The summed E-state index contributed by atoms with van der Waals surface area (Å²) in [6.45, 7) is 0. The summed E-state index contributed by atoms with van der Waals surface area (Å²) in [6.07, 6.45) is 0. The van der Waals surface area contributed by atoms with Crippen molar-refractivity contribution in [2.75, 3.05) is 0 Å². The molecule has 52 heavy (non-hydrogen) atoms. The minimum atomic E-state index is 0.608. The molecule has 0 unspecified atom stereocenters. The molecule has 0 aliphatic heterocycles. The molecule has 0 fully saturated rings. The molecule has 0 amide bonds. The molecule has 0 spiro atoms. The number of para-hydroxylation sites is 4. The molecule has 5 heteroatoms. The summed E-state index contributed by atoms with van der Waals surface area (Å²) in [7, 11) is 0. The van der Waals surface area contributed by atoms with Gasteiger partial charge < -0.3 is 8.83 Å². The van der Waals surface area contributed by atoms with Crippen molar-refractivity contribution in [3.05, 3.63) is 164 Å². The van der Waals surface area contributed by atoms with Gasteiger partial charge in [0.25, 0.3) is 0 Å². The van der Waals surface area contributed by atoms with Gasteiger partial charge in [0.05, 0.1) is 33.5 Å². The van der Waals surface area contributed by atoms with E-state index < -0.39 is 0 Å². The molecule has 0 N–H and O–H groups in total. The first kappa shape index (κ1) is 28.7. The van der Waals surface area contributed by atoms with Crippen molar-refractivity contribution in [3.8, 4) is 45.2 Å². The van der Waals surface area contributed by atoms with Crippen LogP contribution in [0.25, 0.3) is 111 Å². The second kappa shape index (κ2) is 11.2. The Labute approximate surface area is 297 Å². The molecule has 11 rings (SSSR count). The molecule has 0 atom stereocenters. The maximum atomic E-state index is 6.45.